The van der Waals surface area contributed by atoms with Crippen molar-refractivity contribution in [3.8, 4) is 0 Å². The number of ether oxygens (including phenoxy) is 1. The van der Waals surface area contributed by atoms with E-state index in [0.29, 0.717) is 19.7 Å². The van der Waals surface area contributed by atoms with Gasteiger partial charge in [0.05, 0.1) is 6.54 Å². The van der Waals surface area contributed by atoms with Gasteiger partial charge in [-0.25, -0.2) is 4.79 Å². The van der Waals surface area contributed by atoms with Crippen LogP contribution in [-0.2, 0) is 17.9 Å². The first kappa shape index (κ1) is 16.6. The van der Waals surface area contributed by atoms with Crippen LogP contribution in [0.4, 0.5) is 4.79 Å². The summed E-state index contributed by atoms with van der Waals surface area (Å²) in [7, 11) is 0. The Bertz CT molecular complexity index is 601. The third kappa shape index (κ3) is 4.88. The molecule has 0 heterocycles. The van der Waals surface area contributed by atoms with E-state index in [2.05, 4.69) is 22.9 Å². The molecule has 0 radical (unpaired) electrons. The van der Waals surface area contributed by atoms with Gasteiger partial charge in [0.2, 0.25) is 0 Å². The second-order valence-corrected chi connectivity index (χ2v) is 5.91. The lowest BCUT2D eigenvalue weighted by Crippen LogP contribution is -2.31. The van der Waals surface area contributed by atoms with Crippen molar-refractivity contribution in [2.75, 3.05) is 6.54 Å². The van der Waals surface area contributed by atoms with Gasteiger partial charge in [-0.15, -0.1) is 0 Å². The average molecular weight is 362 g/mol. The van der Waals surface area contributed by atoms with E-state index in [9.17, 15) is 4.79 Å². The Balaban J connectivity index is 1.98. The smallest absolute Gasteiger partial charge is 0.410 e. The summed E-state index contributed by atoms with van der Waals surface area (Å²) in [6.45, 7) is 3.57. The molecule has 0 spiro atoms. The molecule has 2 rings (SSSR count). The molecule has 0 aliphatic carbocycles. The molecule has 2 aromatic rings. The van der Waals surface area contributed by atoms with Gasteiger partial charge in [0.15, 0.2) is 0 Å². The fourth-order valence-corrected chi connectivity index (χ4v) is 2.56. The van der Waals surface area contributed by atoms with Gasteiger partial charge in [-0.2, -0.15) is 0 Å². The highest BCUT2D eigenvalue weighted by molar-refractivity contribution is 9.10. The number of carbonyl (C=O) groups excluding carboxylic acids is 1. The summed E-state index contributed by atoms with van der Waals surface area (Å²) in [5.41, 5.74) is 2.07. The van der Waals surface area contributed by atoms with E-state index in [0.717, 1.165) is 22.0 Å². The maximum atomic E-state index is 12.3. The van der Waals surface area contributed by atoms with Crippen LogP contribution in [0.5, 0.6) is 0 Å². The summed E-state index contributed by atoms with van der Waals surface area (Å²) in [5.74, 6) is 0. The van der Waals surface area contributed by atoms with Crippen molar-refractivity contribution in [2.24, 2.45) is 0 Å². The van der Waals surface area contributed by atoms with Gasteiger partial charge in [0.1, 0.15) is 6.61 Å². The largest absolute Gasteiger partial charge is 0.445 e. The molecule has 3 nitrogen and oxygen atoms in total. The third-order valence-corrected chi connectivity index (χ3v) is 4.05. The molecule has 0 aliphatic heterocycles. The summed E-state index contributed by atoms with van der Waals surface area (Å²) < 4.78 is 6.43. The molecule has 22 heavy (non-hydrogen) atoms. The lowest BCUT2D eigenvalue weighted by molar-refractivity contribution is 0.0936. The summed E-state index contributed by atoms with van der Waals surface area (Å²) >= 11 is 3.52. The molecule has 0 saturated heterocycles. The SMILES string of the molecule is CCCN(Cc1ccccc1Br)C(=O)OCc1ccccc1. The summed E-state index contributed by atoms with van der Waals surface area (Å²) in [6.07, 6.45) is 0.617. The number of amides is 1. The van der Waals surface area contributed by atoms with E-state index in [1.165, 1.54) is 0 Å². The molecular formula is C18H20BrNO2. The lowest BCUT2D eigenvalue weighted by atomic mass is 10.2. The Morgan fingerprint density at radius 1 is 1.09 bits per heavy atom. The van der Waals surface area contributed by atoms with Crippen LogP contribution in [0.25, 0.3) is 0 Å². The van der Waals surface area contributed by atoms with Crippen LogP contribution in [0.15, 0.2) is 59.1 Å². The minimum atomic E-state index is -0.276. The van der Waals surface area contributed by atoms with Crippen LogP contribution in [0.3, 0.4) is 0 Å². The van der Waals surface area contributed by atoms with E-state index in [1.54, 1.807) is 4.90 Å². The summed E-state index contributed by atoms with van der Waals surface area (Å²) in [4.78, 5) is 14.0. The second-order valence-electron chi connectivity index (χ2n) is 5.05. The van der Waals surface area contributed by atoms with Crippen LogP contribution < -0.4 is 0 Å². The van der Waals surface area contributed by atoms with Crippen molar-refractivity contribution < 1.29 is 9.53 Å². The van der Waals surface area contributed by atoms with Gasteiger partial charge in [-0.3, -0.25) is 0 Å². The Hall–Kier alpha value is -1.81. The minimum Gasteiger partial charge on any atom is -0.445 e. The van der Waals surface area contributed by atoms with Gasteiger partial charge in [-0.1, -0.05) is 71.4 Å². The third-order valence-electron chi connectivity index (χ3n) is 3.28. The highest BCUT2D eigenvalue weighted by atomic mass is 79.9. The highest BCUT2D eigenvalue weighted by Gasteiger charge is 2.15. The maximum absolute atomic E-state index is 12.3. The number of rotatable bonds is 6. The van der Waals surface area contributed by atoms with Crippen molar-refractivity contribution in [3.05, 3.63) is 70.2 Å². The molecule has 0 bridgehead atoms. The molecule has 0 aliphatic rings. The van der Waals surface area contributed by atoms with Crippen molar-refractivity contribution >= 4 is 22.0 Å². The van der Waals surface area contributed by atoms with Crippen LogP contribution >= 0.6 is 15.9 Å². The van der Waals surface area contributed by atoms with Crippen molar-refractivity contribution in [1.82, 2.24) is 4.90 Å². The van der Waals surface area contributed by atoms with Gasteiger partial charge >= 0.3 is 6.09 Å². The van der Waals surface area contributed by atoms with Gasteiger partial charge in [0.25, 0.3) is 0 Å². The van der Waals surface area contributed by atoms with E-state index < -0.39 is 0 Å². The molecule has 0 unspecified atom stereocenters. The first-order valence-electron chi connectivity index (χ1n) is 7.39. The molecule has 116 valence electrons. The monoisotopic (exact) mass is 361 g/mol. The fourth-order valence-electron chi connectivity index (χ4n) is 2.15. The lowest BCUT2D eigenvalue weighted by Gasteiger charge is -2.22. The van der Waals surface area contributed by atoms with Crippen molar-refractivity contribution in [2.45, 2.75) is 26.5 Å². The minimum absolute atomic E-state index is 0.276. The van der Waals surface area contributed by atoms with E-state index in [-0.39, 0.29) is 6.09 Å². The predicted molar refractivity (Wildman–Crippen MR) is 91.5 cm³/mol. The van der Waals surface area contributed by atoms with Gasteiger partial charge in [0, 0.05) is 11.0 Å². The number of hydrogen-bond acceptors (Lipinski definition) is 2. The van der Waals surface area contributed by atoms with Crippen molar-refractivity contribution in [3.63, 3.8) is 0 Å². The molecule has 0 atom stereocenters. The average Bonchev–Trinajstić information content (AvgIpc) is 2.55. The summed E-state index contributed by atoms with van der Waals surface area (Å²) in [5, 5.41) is 0. The standard InChI is InChI=1S/C18H20BrNO2/c1-2-12-20(13-16-10-6-7-11-17(16)19)18(21)22-14-15-8-4-3-5-9-15/h3-11H,2,12-14H2,1H3. The summed E-state index contributed by atoms with van der Waals surface area (Å²) in [6, 6.07) is 17.6. The normalized spacial score (nSPS) is 10.3. The second kappa shape index (κ2) is 8.59. The zero-order valence-electron chi connectivity index (χ0n) is 12.7. The highest BCUT2D eigenvalue weighted by Crippen LogP contribution is 2.18. The first-order valence-corrected chi connectivity index (χ1v) is 8.19. The zero-order chi connectivity index (χ0) is 15.8. The molecule has 4 heteroatoms. The molecule has 0 aromatic heterocycles. The number of benzene rings is 2. The van der Waals surface area contributed by atoms with E-state index in [4.69, 9.17) is 4.74 Å². The molecule has 1 amide bonds. The quantitative estimate of drug-likeness (QED) is 0.724. The number of halogens is 1. The topological polar surface area (TPSA) is 29.5 Å². The van der Waals surface area contributed by atoms with Crippen LogP contribution in [0.1, 0.15) is 24.5 Å². The molecule has 0 N–H and O–H groups in total. The van der Waals surface area contributed by atoms with Crippen LogP contribution in [0.2, 0.25) is 0 Å². The molecule has 0 saturated carbocycles. The van der Waals surface area contributed by atoms with Crippen LogP contribution in [0, 0.1) is 0 Å². The number of nitrogens with zero attached hydrogens (tertiary/aromatic N) is 1. The first-order chi connectivity index (χ1) is 10.7. The Morgan fingerprint density at radius 2 is 1.77 bits per heavy atom. The Labute approximate surface area is 140 Å². The maximum Gasteiger partial charge on any atom is 0.410 e. The number of carbonyl (C=O) groups is 1. The van der Waals surface area contributed by atoms with Crippen molar-refractivity contribution in [1.29, 1.82) is 0 Å². The van der Waals surface area contributed by atoms with E-state index >= 15 is 0 Å². The molecule has 0 fully saturated rings. The van der Waals surface area contributed by atoms with E-state index in [1.807, 2.05) is 54.6 Å². The number of hydrogen-bond donors (Lipinski definition) is 0. The Morgan fingerprint density at radius 3 is 2.45 bits per heavy atom. The zero-order valence-corrected chi connectivity index (χ0v) is 14.3. The fraction of sp³-hybridized carbons (Fsp3) is 0.278. The van der Waals surface area contributed by atoms with Crippen LogP contribution in [-0.4, -0.2) is 17.5 Å². The van der Waals surface area contributed by atoms with Gasteiger partial charge < -0.3 is 9.64 Å². The Kier molecular flexibility index (Phi) is 6.46. The molecule has 2 aromatic carbocycles. The molecular weight excluding hydrogens is 342 g/mol. The predicted octanol–water partition coefficient (Wildman–Crippen LogP) is 5.00. The van der Waals surface area contributed by atoms with Gasteiger partial charge in [-0.05, 0) is 23.6 Å².